The van der Waals surface area contributed by atoms with Crippen molar-refractivity contribution in [3.8, 4) is 0 Å². The Labute approximate surface area is 120 Å². The Balaban J connectivity index is 1.99. The van der Waals surface area contributed by atoms with Crippen molar-refractivity contribution in [1.82, 2.24) is 10.2 Å². The molecule has 3 fully saturated rings. The van der Waals surface area contributed by atoms with Gasteiger partial charge in [0.2, 0.25) is 11.8 Å². The molecule has 3 rings (SSSR count). The van der Waals surface area contributed by atoms with E-state index in [1.807, 2.05) is 18.7 Å². The maximum atomic E-state index is 13.1. The third kappa shape index (κ3) is 1.79. The number of hydrogen-bond donors (Lipinski definition) is 1. The number of nitrogens with zero attached hydrogens (tertiary/aromatic N) is 1. The van der Waals surface area contributed by atoms with Crippen LogP contribution in [0.3, 0.4) is 0 Å². The van der Waals surface area contributed by atoms with Crippen LogP contribution in [0.15, 0.2) is 0 Å². The predicted molar refractivity (Wildman–Crippen MR) is 74.1 cm³/mol. The fourth-order valence-corrected chi connectivity index (χ4v) is 3.91. The molecule has 2 aliphatic heterocycles. The molecule has 5 nitrogen and oxygen atoms in total. The molecule has 2 unspecified atom stereocenters. The van der Waals surface area contributed by atoms with Crippen molar-refractivity contribution in [2.45, 2.75) is 69.5 Å². The first kappa shape index (κ1) is 13.9. The standard InChI is InChI=1S/C15H24N2O3/c1-3-14(2)12(18)16-15(7-4-5-8-15)13(19)17(14)11-6-9-20-10-11/h11H,3-10H2,1-2H3,(H,16,18). The van der Waals surface area contributed by atoms with Crippen LogP contribution in [0, 0.1) is 0 Å². The molecule has 20 heavy (non-hydrogen) atoms. The van der Waals surface area contributed by atoms with Crippen molar-refractivity contribution in [2.75, 3.05) is 13.2 Å². The van der Waals surface area contributed by atoms with Gasteiger partial charge in [-0.3, -0.25) is 9.59 Å². The lowest BCUT2D eigenvalue weighted by atomic mass is 9.82. The van der Waals surface area contributed by atoms with Crippen molar-refractivity contribution in [2.24, 2.45) is 0 Å². The number of ether oxygens (including phenoxy) is 1. The fraction of sp³-hybridized carbons (Fsp3) is 0.867. The average Bonchev–Trinajstić information content (AvgIpc) is 3.09. The van der Waals surface area contributed by atoms with Gasteiger partial charge in [-0.1, -0.05) is 19.8 Å². The van der Waals surface area contributed by atoms with Gasteiger partial charge in [0.15, 0.2) is 0 Å². The van der Waals surface area contributed by atoms with E-state index < -0.39 is 11.1 Å². The summed E-state index contributed by atoms with van der Waals surface area (Å²) in [4.78, 5) is 27.7. The van der Waals surface area contributed by atoms with Gasteiger partial charge in [-0.15, -0.1) is 0 Å². The highest BCUT2D eigenvalue weighted by Gasteiger charge is 2.58. The molecule has 112 valence electrons. The van der Waals surface area contributed by atoms with E-state index in [0.29, 0.717) is 19.6 Å². The van der Waals surface area contributed by atoms with Crippen molar-refractivity contribution in [3.05, 3.63) is 0 Å². The monoisotopic (exact) mass is 280 g/mol. The van der Waals surface area contributed by atoms with Gasteiger partial charge >= 0.3 is 0 Å². The molecule has 1 aliphatic carbocycles. The first-order valence-corrected chi connectivity index (χ1v) is 7.78. The zero-order valence-corrected chi connectivity index (χ0v) is 12.4. The van der Waals surface area contributed by atoms with Gasteiger partial charge < -0.3 is 15.0 Å². The third-order valence-electron chi connectivity index (χ3n) is 5.42. The third-order valence-corrected chi connectivity index (χ3v) is 5.42. The van der Waals surface area contributed by atoms with E-state index in [0.717, 1.165) is 32.1 Å². The highest BCUT2D eigenvalue weighted by atomic mass is 16.5. The molecular weight excluding hydrogens is 256 g/mol. The maximum absolute atomic E-state index is 13.1. The van der Waals surface area contributed by atoms with Crippen LogP contribution in [0.1, 0.15) is 52.4 Å². The van der Waals surface area contributed by atoms with E-state index in [4.69, 9.17) is 4.74 Å². The van der Waals surface area contributed by atoms with Crippen molar-refractivity contribution in [1.29, 1.82) is 0 Å². The van der Waals surface area contributed by atoms with E-state index in [9.17, 15) is 9.59 Å². The van der Waals surface area contributed by atoms with Crippen molar-refractivity contribution in [3.63, 3.8) is 0 Å². The summed E-state index contributed by atoms with van der Waals surface area (Å²) >= 11 is 0. The summed E-state index contributed by atoms with van der Waals surface area (Å²) in [6.45, 7) is 5.11. The largest absolute Gasteiger partial charge is 0.379 e. The van der Waals surface area contributed by atoms with E-state index in [-0.39, 0.29) is 17.9 Å². The van der Waals surface area contributed by atoms with Crippen LogP contribution in [0.4, 0.5) is 0 Å². The van der Waals surface area contributed by atoms with Gasteiger partial charge in [0.05, 0.1) is 12.6 Å². The Kier molecular flexibility index (Phi) is 3.27. The number of piperazine rings is 1. The molecule has 0 bridgehead atoms. The van der Waals surface area contributed by atoms with Gasteiger partial charge in [-0.2, -0.15) is 0 Å². The molecule has 2 heterocycles. The summed E-state index contributed by atoms with van der Waals surface area (Å²) in [6, 6.07) is 0.0518. The second-order valence-corrected chi connectivity index (χ2v) is 6.56. The van der Waals surface area contributed by atoms with Gasteiger partial charge in [0.1, 0.15) is 11.1 Å². The first-order valence-electron chi connectivity index (χ1n) is 7.78. The molecule has 2 atom stereocenters. The molecule has 1 N–H and O–H groups in total. The Morgan fingerprint density at radius 1 is 1.35 bits per heavy atom. The second-order valence-electron chi connectivity index (χ2n) is 6.56. The van der Waals surface area contributed by atoms with Crippen molar-refractivity contribution < 1.29 is 14.3 Å². The lowest BCUT2D eigenvalue weighted by Crippen LogP contribution is -2.76. The summed E-state index contributed by atoms with van der Waals surface area (Å²) in [5.74, 6) is 0.128. The predicted octanol–water partition coefficient (Wildman–Crippen LogP) is 1.22. The number of amides is 2. The van der Waals surface area contributed by atoms with Gasteiger partial charge in [0.25, 0.3) is 0 Å². The summed E-state index contributed by atoms with van der Waals surface area (Å²) in [7, 11) is 0. The second kappa shape index (κ2) is 4.72. The van der Waals surface area contributed by atoms with E-state index >= 15 is 0 Å². The molecule has 5 heteroatoms. The molecule has 2 saturated heterocycles. The smallest absolute Gasteiger partial charge is 0.249 e. The van der Waals surface area contributed by atoms with Gasteiger partial charge in [-0.25, -0.2) is 0 Å². The summed E-state index contributed by atoms with van der Waals surface area (Å²) < 4.78 is 5.46. The average molecular weight is 280 g/mol. The fourth-order valence-electron chi connectivity index (χ4n) is 3.91. The molecule has 1 saturated carbocycles. The maximum Gasteiger partial charge on any atom is 0.249 e. The van der Waals surface area contributed by atoms with E-state index in [1.165, 1.54) is 0 Å². The highest BCUT2D eigenvalue weighted by molar-refractivity contribution is 6.02. The molecular formula is C15H24N2O3. The topological polar surface area (TPSA) is 58.6 Å². The zero-order valence-electron chi connectivity index (χ0n) is 12.4. The molecule has 0 aromatic heterocycles. The van der Waals surface area contributed by atoms with Crippen LogP contribution < -0.4 is 5.32 Å². The van der Waals surface area contributed by atoms with Crippen LogP contribution in [-0.4, -0.2) is 47.0 Å². The summed E-state index contributed by atoms with van der Waals surface area (Å²) in [5, 5.41) is 3.07. The minimum Gasteiger partial charge on any atom is -0.379 e. The van der Waals surface area contributed by atoms with Crippen LogP contribution in [0.25, 0.3) is 0 Å². The lowest BCUT2D eigenvalue weighted by Gasteiger charge is -2.52. The van der Waals surface area contributed by atoms with Crippen molar-refractivity contribution >= 4 is 11.8 Å². The number of carbonyl (C=O) groups excluding carboxylic acids is 2. The highest BCUT2D eigenvalue weighted by Crippen LogP contribution is 2.40. The molecule has 3 aliphatic rings. The van der Waals surface area contributed by atoms with Crippen LogP contribution in [0.5, 0.6) is 0 Å². The molecule has 2 amide bonds. The number of hydrogen-bond acceptors (Lipinski definition) is 3. The number of carbonyl (C=O) groups is 2. The van der Waals surface area contributed by atoms with Crippen LogP contribution in [-0.2, 0) is 14.3 Å². The minimum absolute atomic E-state index is 0.00778. The zero-order chi connectivity index (χ0) is 14.4. The Morgan fingerprint density at radius 2 is 2.05 bits per heavy atom. The molecule has 1 spiro atoms. The van der Waals surface area contributed by atoms with E-state index in [2.05, 4.69) is 5.32 Å². The Morgan fingerprint density at radius 3 is 2.60 bits per heavy atom. The quantitative estimate of drug-likeness (QED) is 0.827. The SMILES string of the molecule is CCC1(C)C(=O)NC2(CCCC2)C(=O)N1C1CCOC1. The van der Waals surface area contributed by atoms with Gasteiger partial charge in [0, 0.05) is 6.61 Å². The lowest BCUT2D eigenvalue weighted by molar-refractivity contribution is -0.166. The van der Waals surface area contributed by atoms with Gasteiger partial charge in [-0.05, 0) is 32.6 Å². The minimum atomic E-state index is -0.733. The van der Waals surface area contributed by atoms with Crippen LogP contribution >= 0.6 is 0 Å². The molecule has 0 aromatic rings. The number of nitrogens with one attached hydrogen (secondary N) is 1. The Bertz CT molecular complexity index is 425. The molecule has 0 aromatic carbocycles. The normalized spacial score (nSPS) is 36.7. The van der Waals surface area contributed by atoms with Crippen LogP contribution in [0.2, 0.25) is 0 Å². The molecule has 0 radical (unpaired) electrons. The first-order chi connectivity index (χ1) is 9.53. The summed E-state index contributed by atoms with van der Waals surface area (Å²) in [6.07, 6.45) is 5.07. The Hall–Kier alpha value is -1.10. The number of rotatable bonds is 2. The van der Waals surface area contributed by atoms with E-state index in [1.54, 1.807) is 0 Å². The summed E-state index contributed by atoms with van der Waals surface area (Å²) in [5.41, 5.74) is -1.36.